The number of aromatic nitrogens is 1. The predicted molar refractivity (Wildman–Crippen MR) is 44.0 cm³/mol. The first-order chi connectivity index (χ1) is 4.88. The first-order valence-corrected chi connectivity index (χ1v) is 3.53. The highest BCUT2D eigenvalue weighted by molar-refractivity contribution is 5.60. The third-order valence-electron chi connectivity index (χ3n) is 1.45. The van der Waals surface area contributed by atoms with Crippen LogP contribution >= 0.6 is 0 Å². The SMILES string of the molecule is CC=Nc1[nH]ccc1CC. The summed E-state index contributed by atoms with van der Waals surface area (Å²) in [7, 11) is 0. The molecule has 1 N–H and O–H groups in total. The van der Waals surface area contributed by atoms with Gasteiger partial charge in [0, 0.05) is 12.4 Å². The van der Waals surface area contributed by atoms with Crippen molar-refractivity contribution >= 4 is 12.0 Å². The second-order valence-electron chi connectivity index (χ2n) is 2.09. The number of aryl methyl sites for hydroxylation is 1. The van der Waals surface area contributed by atoms with Crippen LogP contribution in [0.1, 0.15) is 19.4 Å². The van der Waals surface area contributed by atoms with Crippen molar-refractivity contribution in [3.8, 4) is 0 Å². The zero-order valence-corrected chi connectivity index (χ0v) is 6.39. The molecule has 0 saturated heterocycles. The zero-order valence-electron chi connectivity index (χ0n) is 6.39. The van der Waals surface area contributed by atoms with Gasteiger partial charge in [-0.3, -0.25) is 0 Å². The number of aromatic amines is 1. The lowest BCUT2D eigenvalue weighted by atomic mass is 10.2. The van der Waals surface area contributed by atoms with Crippen molar-refractivity contribution in [2.45, 2.75) is 20.3 Å². The van der Waals surface area contributed by atoms with Crippen molar-refractivity contribution in [3.63, 3.8) is 0 Å². The summed E-state index contributed by atoms with van der Waals surface area (Å²) in [5, 5.41) is 0. The highest BCUT2D eigenvalue weighted by Gasteiger charge is 1.96. The standard InChI is InChI=1S/C8H12N2/c1-3-7-5-6-10-8(7)9-4-2/h4-6,10H,3H2,1-2H3. The lowest BCUT2D eigenvalue weighted by Crippen LogP contribution is -1.74. The van der Waals surface area contributed by atoms with Crippen molar-refractivity contribution in [1.29, 1.82) is 0 Å². The molecule has 1 heterocycles. The van der Waals surface area contributed by atoms with Gasteiger partial charge in [0.15, 0.2) is 0 Å². The Hall–Kier alpha value is -1.05. The molecule has 1 rings (SSSR count). The lowest BCUT2D eigenvalue weighted by Gasteiger charge is -1.90. The maximum Gasteiger partial charge on any atom is 0.132 e. The molecule has 0 atom stereocenters. The van der Waals surface area contributed by atoms with Crippen LogP contribution in [0.2, 0.25) is 0 Å². The molecule has 0 fully saturated rings. The van der Waals surface area contributed by atoms with Crippen molar-refractivity contribution in [3.05, 3.63) is 17.8 Å². The van der Waals surface area contributed by atoms with E-state index in [1.165, 1.54) is 5.56 Å². The molecule has 2 heteroatoms. The number of nitrogens with zero attached hydrogens (tertiary/aromatic N) is 1. The predicted octanol–water partition coefficient (Wildman–Crippen LogP) is 2.30. The van der Waals surface area contributed by atoms with Gasteiger partial charge in [-0.1, -0.05) is 6.92 Å². The number of H-pyrrole nitrogens is 1. The van der Waals surface area contributed by atoms with Crippen LogP contribution in [-0.4, -0.2) is 11.2 Å². The molecular weight excluding hydrogens is 124 g/mol. The van der Waals surface area contributed by atoms with Gasteiger partial charge in [0.1, 0.15) is 5.82 Å². The van der Waals surface area contributed by atoms with E-state index in [1.807, 2.05) is 13.1 Å². The van der Waals surface area contributed by atoms with Crippen LogP contribution in [0.5, 0.6) is 0 Å². The Morgan fingerprint density at radius 2 is 2.50 bits per heavy atom. The Morgan fingerprint density at radius 3 is 3.10 bits per heavy atom. The first kappa shape index (κ1) is 7.06. The number of aliphatic imine (C=N–C) groups is 1. The quantitative estimate of drug-likeness (QED) is 0.604. The summed E-state index contributed by atoms with van der Waals surface area (Å²) in [6, 6.07) is 2.06. The Morgan fingerprint density at radius 1 is 1.70 bits per heavy atom. The van der Waals surface area contributed by atoms with E-state index in [0.717, 1.165) is 12.2 Å². The third kappa shape index (κ3) is 1.26. The van der Waals surface area contributed by atoms with E-state index < -0.39 is 0 Å². The topological polar surface area (TPSA) is 28.1 Å². The van der Waals surface area contributed by atoms with E-state index in [-0.39, 0.29) is 0 Å². The van der Waals surface area contributed by atoms with E-state index >= 15 is 0 Å². The fourth-order valence-electron chi connectivity index (χ4n) is 0.927. The highest BCUT2D eigenvalue weighted by atomic mass is 14.9. The summed E-state index contributed by atoms with van der Waals surface area (Å²) in [4.78, 5) is 7.22. The first-order valence-electron chi connectivity index (χ1n) is 3.53. The summed E-state index contributed by atoms with van der Waals surface area (Å²) < 4.78 is 0. The molecule has 0 aromatic carbocycles. The maximum absolute atomic E-state index is 4.16. The highest BCUT2D eigenvalue weighted by Crippen LogP contribution is 2.15. The molecule has 0 amide bonds. The molecule has 10 heavy (non-hydrogen) atoms. The van der Waals surface area contributed by atoms with Crippen molar-refractivity contribution in [2.24, 2.45) is 4.99 Å². The van der Waals surface area contributed by atoms with E-state index in [2.05, 4.69) is 23.0 Å². The molecule has 0 unspecified atom stereocenters. The van der Waals surface area contributed by atoms with E-state index in [0.29, 0.717) is 0 Å². The summed E-state index contributed by atoms with van der Waals surface area (Å²) >= 11 is 0. The minimum atomic E-state index is 0.991. The number of rotatable bonds is 2. The van der Waals surface area contributed by atoms with Crippen LogP contribution < -0.4 is 0 Å². The van der Waals surface area contributed by atoms with Gasteiger partial charge < -0.3 is 4.98 Å². The minimum absolute atomic E-state index is 0.991. The van der Waals surface area contributed by atoms with Crippen molar-refractivity contribution in [1.82, 2.24) is 4.98 Å². The number of hydrogen-bond donors (Lipinski definition) is 1. The van der Waals surface area contributed by atoms with Crippen molar-refractivity contribution in [2.75, 3.05) is 0 Å². The van der Waals surface area contributed by atoms with E-state index in [1.54, 1.807) is 6.21 Å². The zero-order chi connectivity index (χ0) is 7.40. The van der Waals surface area contributed by atoms with E-state index in [4.69, 9.17) is 0 Å². The maximum atomic E-state index is 4.16. The summed E-state index contributed by atoms with van der Waals surface area (Å²) in [5.74, 6) is 0.991. The number of nitrogens with one attached hydrogen (secondary N) is 1. The number of hydrogen-bond acceptors (Lipinski definition) is 1. The van der Waals surface area contributed by atoms with Gasteiger partial charge in [-0.25, -0.2) is 4.99 Å². The molecule has 0 bridgehead atoms. The van der Waals surface area contributed by atoms with E-state index in [9.17, 15) is 0 Å². The van der Waals surface area contributed by atoms with Crippen molar-refractivity contribution < 1.29 is 0 Å². The Labute approximate surface area is 61.0 Å². The van der Waals surface area contributed by atoms with Crippen LogP contribution in [0.4, 0.5) is 5.82 Å². The molecule has 1 aromatic rings. The second-order valence-corrected chi connectivity index (χ2v) is 2.09. The van der Waals surface area contributed by atoms with Gasteiger partial charge >= 0.3 is 0 Å². The molecule has 0 aliphatic carbocycles. The molecule has 1 aromatic heterocycles. The normalized spacial score (nSPS) is 11.0. The Bertz CT molecular complexity index is 223. The van der Waals surface area contributed by atoms with Gasteiger partial charge in [0.05, 0.1) is 0 Å². The third-order valence-corrected chi connectivity index (χ3v) is 1.45. The Kier molecular flexibility index (Phi) is 2.26. The van der Waals surface area contributed by atoms with Crippen LogP contribution in [0.3, 0.4) is 0 Å². The van der Waals surface area contributed by atoms with Gasteiger partial charge in [0.2, 0.25) is 0 Å². The Balaban J connectivity index is 2.90. The molecule has 0 aliphatic rings. The molecule has 0 saturated carbocycles. The summed E-state index contributed by atoms with van der Waals surface area (Å²) in [6.45, 7) is 4.04. The van der Waals surface area contributed by atoms with Crippen LogP contribution in [0.15, 0.2) is 17.3 Å². The lowest BCUT2D eigenvalue weighted by molar-refractivity contribution is 1.13. The fourth-order valence-corrected chi connectivity index (χ4v) is 0.927. The van der Waals surface area contributed by atoms with Crippen LogP contribution in [-0.2, 0) is 6.42 Å². The minimum Gasteiger partial charge on any atom is -0.346 e. The molecule has 2 nitrogen and oxygen atoms in total. The van der Waals surface area contributed by atoms with Gasteiger partial charge in [0.25, 0.3) is 0 Å². The van der Waals surface area contributed by atoms with Gasteiger partial charge in [-0.15, -0.1) is 0 Å². The molecular formula is C8H12N2. The summed E-state index contributed by atoms with van der Waals surface area (Å²) in [6.07, 6.45) is 4.75. The fraction of sp³-hybridized carbons (Fsp3) is 0.375. The monoisotopic (exact) mass is 136 g/mol. The molecule has 54 valence electrons. The average molecular weight is 136 g/mol. The van der Waals surface area contributed by atoms with Crippen LogP contribution in [0, 0.1) is 0 Å². The molecule has 0 radical (unpaired) electrons. The van der Waals surface area contributed by atoms with Gasteiger partial charge in [-0.05, 0) is 25.0 Å². The molecule has 0 spiro atoms. The molecule has 0 aliphatic heterocycles. The van der Waals surface area contributed by atoms with Crippen LogP contribution in [0.25, 0.3) is 0 Å². The average Bonchev–Trinajstić information content (AvgIpc) is 2.36. The second kappa shape index (κ2) is 3.20. The largest absolute Gasteiger partial charge is 0.346 e. The smallest absolute Gasteiger partial charge is 0.132 e. The summed E-state index contributed by atoms with van der Waals surface area (Å²) in [5.41, 5.74) is 1.28. The van der Waals surface area contributed by atoms with Gasteiger partial charge in [-0.2, -0.15) is 0 Å².